The Morgan fingerprint density at radius 2 is 2.17 bits per heavy atom. The lowest BCUT2D eigenvalue weighted by molar-refractivity contribution is 0.481. The lowest BCUT2D eigenvalue weighted by atomic mass is 10.1. The van der Waals surface area contributed by atoms with Crippen LogP contribution in [0.15, 0.2) is 11.1 Å². The SMILES string of the molecule is CCCC(CC)NCC(C)=CCl. The average molecular weight is 190 g/mol. The molecule has 0 spiro atoms. The summed E-state index contributed by atoms with van der Waals surface area (Å²) in [6, 6.07) is 0.654. The van der Waals surface area contributed by atoms with Gasteiger partial charge in [-0.15, -0.1) is 0 Å². The minimum Gasteiger partial charge on any atom is -0.310 e. The first-order chi connectivity index (χ1) is 5.74. The van der Waals surface area contributed by atoms with Crippen LogP contribution in [0.1, 0.15) is 40.0 Å². The van der Waals surface area contributed by atoms with Crippen molar-refractivity contribution in [2.75, 3.05) is 6.54 Å². The van der Waals surface area contributed by atoms with Crippen LogP contribution in [-0.2, 0) is 0 Å². The molecule has 0 amide bonds. The van der Waals surface area contributed by atoms with Crippen LogP contribution < -0.4 is 5.32 Å². The van der Waals surface area contributed by atoms with E-state index >= 15 is 0 Å². The second kappa shape index (κ2) is 7.63. The van der Waals surface area contributed by atoms with Gasteiger partial charge in [0, 0.05) is 18.1 Å². The molecule has 0 aliphatic rings. The van der Waals surface area contributed by atoms with Gasteiger partial charge in [0.05, 0.1) is 0 Å². The molecule has 12 heavy (non-hydrogen) atoms. The topological polar surface area (TPSA) is 12.0 Å². The van der Waals surface area contributed by atoms with Crippen LogP contribution in [-0.4, -0.2) is 12.6 Å². The minimum atomic E-state index is 0.654. The van der Waals surface area contributed by atoms with Gasteiger partial charge >= 0.3 is 0 Å². The second-order valence-corrected chi connectivity index (χ2v) is 3.45. The highest BCUT2D eigenvalue weighted by molar-refractivity contribution is 6.25. The molecule has 0 aliphatic heterocycles. The standard InChI is InChI=1S/C10H20ClN/c1-4-6-10(5-2)12-8-9(3)7-11/h7,10,12H,4-6,8H2,1-3H3. The highest BCUT2D eigenvalue weighted by atomic mass is 35.5. The Hall–Kier alpha value is -0.0100. The summed E-state index contributed by atoms with van der Waals surface area (Å²) >= 11 is 5.55. The highest BCUT2D eigenvalue weighted by Crippen LogP contribution is 2.02. The maximum Gasteiger partial charge on any atom is 0.0176 e. The Bertz CT molecular complexity index is 132. The van der Waals surface area contributed by atoms with E-state index < -0.39 is 0 Å². The second-order valence-electron chi connectivity index (χ2n) is 3.23. The van der Waals surface area contributed by atoms with E-state index in [1.807, 2.05) is 6.92 Å². The molecular formula is C10H20ClN. The van der Waals surface area contributed by atoms with Crippen molar-refractivity contribution in [2.45, 2.75) is 46.1 Å². The quantitative estimate of drug-likeness (QED) is 0.676. The summed E-state index contributed by atoms with van der Waals surface area (Å²) in [7, 11) is 0. The summed E-state index contributed by atoms with van der Waals surface area (Å²) in [6.45, 7) is 7.39. The molecule has 72 valence electrons. The van der Waals surface area contributed by atoms with Crippen molar-refractivity contribution < 1.29 is 0 Å². The molecule has 0 radical (unpaired) electrons. The van der Waals surface area contributed by atoms with Crippen molar-refractivity contribution in [1.29, 1.82) is 0 Å². The Labute approximate surface area is 81.2 Å². The highest BCUT2D eigenvalue weighted by Gasteiger charge is 2.02. The maximum absolute atomic E-state index is 5.55. The Balaban J connectivity index is 3.57. The van der Waals surface area contributed by atoms with Crippen molar-refractivity contribution in [2.24, 2.45) is 0 Å². The molecule has 1 atom stereocenters. The minimum absolute atomic E-state index is 0.654. The first-order valence-electron chi connectivity index (χ1n) is 4.73. The van der Waals surface area contributed by atoms with Crippen LogP contribution in [0.25, 0.3) is 0 Å². The maximum atomic E-state index is 5.55. The molecule has 0 heterocycles. The fraction of sp³-hybridized carbons (Fsp3) is 0.800. The van der Waals surface area contributed by atoms with Crippen LogP contribution in [0.3, 0.4) is 0 Å². The smallest absolute Gasteiger partial charge is 0.0176 e. The van der Waals surface area contributed by atoms with Gasteiger partial charge in [-0.05, 0) is 25.3 Å². The van der Waals surface area contributed by atoms with Crippen molar-refractivity contribution in [1.82, 2.24) is 5.32 Å². The van der Waals surface area contributed by atoms with Gasteiger partial charge in [0.15, 0.2) is 0 Å². The molecule has 1 unspecified atom stereocenters. The monoisotopic (exact) mass is 189 g/mol. The van der Waals surface area contributed by atoms with Crippen molar-refractivity contribution in [3.63, 3.8) is 0 Å². The summed E-state index contributed by atoms with van der Waals surface area (Å²) < 4.78 is 0. The molecule has 0 saturated heterocycles. The van der Waals surface area contributed by atoms with Gasteiger partial charge in [0.2, 0.25) is 0 Å². The predicted octanol–water partition coefficient (Wildman–Crippen LogP) is 3.30. The fourth-order valence-corrected chi connectivity index (χ4v) is 1.22. The van der Waals surface area contributed by atoms with Gasteiger partial charge in [0.1, 0.15) is 0 Å². The van der Waals surface area contributed by atoms with E-state index in [0.29, 0.717) is 6.04 Å². The first kappa shape index (κ1) is 12.0. The van der Waals surface area contributed by atoms with Crippen LogP contribution in [0.4, 0.5) is 0 Å². The molecule has 1 N–H and O–H groups in total. The third kappa shape index (κ3) is 5.62. The molecule has 0 bridgehead atoms. The van der Waals surface area contributed by atoms with Gasteiger partial charge in [0.25, 0.3) is 0 Å². The molecule has 0 aromatic rings. The van der Waals surface area contributed by atoms with Crippen LogP contribution in [0.2, 0.25) is 0 Å². The van der Waals surface area contributed by atoms with E-state index in [1.165, 1.54) is 24.8 Å². The third-order valence-corrected chi connectivity index (χ3v) is 2.36. The zero-order chi connectivity index (χ0) is 9.40. The summed E-state index contributed by atoms with van der Waals surface area (Å²) in [5.74, 6) is 0. The van der Waals surface area contributed by atoms with Crippen LogP contribution in [0.5, 0.6) is 0 Å². The van der Waals surface area contributed by atoms with Gasteiger partial charge in [-0.3, -0.25) is 0 Å². The van der Waals surface area contributed by atoms with E-state index in [4.69, 9.17) is 11.6 Å². The molecular weight excluding hydrogens is 170 g/mol. The van der Waals surface area contributed by atoms with Crippen LogP contribution >= 0.6 is 11.6 Å². The number of halogens is 1. The van der Waals surface area contributed by atoms with Gasteiger partial charge in [-0.25, -0.2) is 0 Å². The fourth-order valence-electron chi connectivity index (χ4n) is 1.14. The van der Waals surface area contributed by atoms with Crippen molar-refractivity contribution in [3.8, 4) is 0 Å². The normalized spacial score (nSPS) is 14.8. The molecule has 2 heteroatoms. The van der Waals surface area contributed by atoms with Gasteiger partial charge in [-0.2, -0.15) is 0 Å². The van der Waals surface area contributed by atoms with E-state index in [1.54, 1.807) is 5.54 Å². The summed E-state index contributed by atoms with van der Waals surface area (Å²) in [5, 5.41) is 3.47. The van der Waals surface area contributed by atoms with Gasteiger partial charge in [-0.1, -0.05) is 31.9 Å². The summed E-state index contributed by atoms with van der Waals surface area (Å²) in [5.41, 5.74) is 2.84. The Morgan fingerprint density at radius 1 is 1.50 bits per heavy atom. The van der Waals surface area contributed by atoms with Crippen molar-refractivity contribution in [3.05, 3.63) is 11.1 Å². The van der Waals surface area contributed by atoms with E-state index in [0.717, 1.165) is 6.54 Å². The van der Waals surface area contributed by atoms with Crippen LogP contribution in [0, 0.1) is 0 Å². The van der Waals surface area contributed by atoms with Crippen molar-refractivity contribution >= 4 is 11.6 Å². The zero-order valence-corrected chi connectivity index (χ0v) is 9.12. The lowest BCUT2D eigenvalue weighted by Gasteiger charge is -2.15. The summed E-state index contributed by atoms with van der Waals surface area (Å²) in [6.07, 6.45) is 3.70. The molecule has 0 rings (SSSR count). The molecule has 0 aromatic heterocycles. The third-order valence-electron chi connectivity index (χ3n) is 1.99. The molecule has 0 fully saturated rings. The molecule has 0 aromatic carbocycles. The lowest BCUT2D eigenvalue weighted by Crippen LogP contribution is -2.29. The molecule has 0 aliphatic carbocycles. The Kier molecular flexibility index (Phi) is 7.62. The largest absolute Gasteiger partial charge is 0.310 e. The van der Waals surface area contributed by atoms with E-state index in [2.05, 4.69) is 19.2 Å². The number of hydrogen-bond donors (Lipinski definition) is 1. The number of nitrogens with one attached hydrogen (secondary N) is 1. The molecule has 1 nitrogen and oxygen atoms in total. The first-order valence-corrected chi connectivity index (χ1v) is 5.17. The Morgan fingerprint density at radius 3 is 2.58 bits per heavy atom. The average Bonchev–Trinajstić information content (AvgIpc) is 2.11. The number of hydrogen-bond acceptors (Lipinski definition) is 1. The summed E-state index contributed by atoms with van der Waals surface area (Å²) in [4.78, 5) is 0. The van der Waals surface area contributed by atoms with Gasteiger partial charge < -0.3 is 5.32 Å². The van der Waals surface area contributed by atoms with E-state index in [9.17, 15) is 0 Å². The zero-order valence-electron chi connectivity index (χ0n) is 8.36. The molecule has 0 saturated carbocycles. The number of rotatable bonds is 6. The predicted molar refractivity (Wildman–Crippen MR) is 56.6 cm³/mol. The van der Waals surface area contributed by atoms with E-state index in [-0.39, 0.29) is 0 Å².